The van der Waals surface area contributed by atoms with Crippen LogP contribution in [0.2, 0.25) is 5.02 Å². The molecule has 1 rings (SSSR count). The third-order valence-corrected chi connectivity index (χ3v) is 3.79. The number of benzene rings is 1. The van der Waals surface area contributed by atoms with E-state index in [-0.39, 0.29) is 5.54 Å². The highest BCUT2D eigenvalue weighted by Crippen LogP contribution is 2.36. The van der Waals surface area contributed by atoms with Crippen molar-refractivity contribution in [1.82, 2.24) is 0 Å². The first-order chi connectivity index (χ1) is 10.6. The van der Waals surface area contributed by atoms with Crippen molar-refractivity contribution in [3.63, 3.8) is 0 Å². The molecule has 23 heavy (non-hydrogen) atoms. The maximum atomic E-state index is 6.35. The fourth-order valence-corrected chi connectivity index (χ4v) is 3.29. The summed E-state index contributed by atoms with van der Waals surface area (Å²) < 4.78 is 11.0. The van der Waals surface area contributed by atoms with E-state index in [1.54, 1.807) is 13.2 Å². The molecular formula is C19H31ClNO2+. The van der Waals surface area contributed by atoms with Gasteiger partial charge < -0.3 is 14.8 Å². The molecule has 0 aliphatic rings. The predicted octanol–water partition coefficient (Wildman–Crippen LogP) is 4.19. The summed E-state index contributed by atoms with van der Waals surface area (Å²) in [4.78, 5) is 0. The number of hydrogen-bond acceptors (Lipinski definition) is 2. The van der Waals surface area contributed by atoms with Gasteiger partial charge in [-0.25, -0.2) is 0 Å². The maximum absolute atomic E-state index is 6.35. The minimum atomic E-state index is 0.163. The van der Waals surface area contributed by atoms with E-state index in [4.69, 9.17) is 21.1 Å². The lowest BCUT2D eigenvalue weighted by atomic mass is 9.82. The molecule has 0 aliphatic carbocycles. The van der Waals surface area contributed by atoms with Gasteiger partial charge in [0.05, 0.1) is 17.7 Å². The van der Waals surface area contributed by atoms with Crippen LogP contribution in [0.3, 0.4) is 0 Å². The van der Waals surface area contributed by atoms with Crippen LogP contribution in [-0.4, -0.2) is 19.3 Å². The molecule has 0 unspecified atom stereocenters. The Hall–Kier alpha value is -1.19. The van der Waals surface area contributed by atoms with Crippen LogP contribution < -0.4 is 14.8 Å². The minimum absolute atomic E-state index is 0.163. The van der Waals surface area contributed by atoms with Crippen LogP contribution in [0.1, 0.15) is 46.6 Å². The highest BCUT2D eigenvalue weighted by Gasteiger charge is 2.28. The van der Waals surface area contributed by atoms with Crippen LogP contribution in [0.15, 0.2) is 24.8 Å². The maximum Gasteiger partial charge on any atom is 0.180 e. The molecule has 0 aromatic heterocycles. The van der Waals surface area contributed by atoms with Gasteiger partial charge in [0, 0.05) is 12.0 Å². The zero-order chi connectivity index (χ0) is 17.7. The summed E-state index contributed by atoms with van der Waals surface area (Å²) in [5, 5.41) is 2.93. The number of halogens is 1. The molecular weight excluding hydrogens is 310 g/mol. The quantitative estimate of drug-likeness (QED) is 0.720. The molecule has 0 aliphatic heterocycles. The van der Waals surface area contributed by atoms with Crippen molar-refractivity contribution in [3.05, 3.63) is 35.4 Å². The summed E-state index contributed by atoms with van der Waals surface area (Å²) in [5.74, 6) is 1.24. The van der Waals surface area contributed by atoms with Crippen LogP contribution >= 0.6 is 11.6 Å². The molecule has 4 heteroatoms. The number of ether oxygens (including phenoxy) is 2. The Labute approximate surface area is 146 Å². The van der Waals surface area contributed by atoms with Gasteiger partial charge in [-0.3, -0.25) is 0 Å². The lowest BCUT2D eigenvalue weighted by Gasteiger charge is -2.30. The molecule has 0 heterocycles. The summed E-state index contributed by atoms with van der Waals surface area (Å²) in [6.45, 7) is 16.3. The zero-order valence-electron chi connectivity index (χ0n) is 15.3. The molecule has 2 N–H and O–H groups in total. The second-order valence-corrected chi connectivity index (χ2v) is 8.25. The van der Waals surface area contributed by atoms with Gasteiger partial charge in [0.25, 0.3) is 0 Å². The lowest BCUT2D eigenvalue weighted by Crippen LogP contribution is -2.94. The Morgan fingerprint density at radius 3 is 2.39 bits per heavy atom. The van der Waals surface area contributed by atoms with E-state index in [1.807, 2.05) is 12.1 Å². The van der Waals surface area contributed by atoms with E-state index >= 15 is 0 Å². The van der Waals surface area contributed by atoms with E-state index in [0.29, 0.717) is 28.5 Å². The first-order valence-corrected chi connectivity index (χ1v) is 8.40. The zero-order valence-corrected chi connectivity index (χ0v) is 16.1. The van der Waals surface area contributed by atoms with Crippen molar-refractivity contribution in [2.75, 3.05) is 13.7 Å². The second-order valence-electron chi connectivity index (χ2n) is 7.84. The first-order valence-electron chi connectivity index (χ1n) is 8.02. The summed E-state index contributed by atoms with van der Waals surface area (Å²) in [6, 6.07) is 3.94. The smallest absolute Gasteiger partial charge is 0.180 e. The molecule has 0 atom stereocenters. The van der Waals surface area contributed by atoms with Gasteiger partial charge in [-0.05, 0) is 31.4 Å². The fraction of sp³-hybridized carbons (Fsp3) is 0.579. The largest absolute Gasteiger partial charge is 0.493 e. The molecule has 0 spiro atoms. The molecule has 1 aromatic rings. The van der Waals surface area contributed by atoms with Gasteiger partial charge in [0.1, 0.15) is 13.2 Å². The molecule has 0 bridgehead atoms. The second kappa shape index (κ2) is 8.07. The van der Waals surface area contributed by atoms with Gasteiger partial charge in [0.2, 0.25) is 0 Å². The topological polar surface area (TPSA) is 35.1 Å². The Morgan fingerprint density at radius 2 is 1.87 bits per heavy atom. The van der Waals surface area contributed by atoms with Gasteiger partial charge in [-0.1, -0.05) is 45.0 Å². The molecule has 130 valence electrons. The molecule has 0 radical (unpaired) electrons. The van der Waals surface area contributed by atoms with Crippen LogP contribution in [0, 0.1) is 5.41 Å². The lowest BCUT2D eigenvalue weighted by molar-refractivity contribution is -0.737. The van der Waals surface area contributed by atoms with Crippen LogP contribution in [0.25, 0.3) is 0 Å². The normalized spacial score (nSPS) is 12.1. The van der Waals surface area contributed by atoms with Crippen molar-refractivity contribution in [2.45, 2.75) is 53.1 Å². The number of methoxy groups -OCH3 is 1. The van der Waals surface area contributed by atoms with Crippen molar-refractivity contribution < 1.29 is 14.8 Å². The summed E-state index contributed by atoms with van der Waals surface area (Å²) in [7, 11) is 1.63. The number of nitrogens with two attached hydrogens (primary N) is 1. The number of rotatable bonds is 8. The first kappa shape index (κ1) is 19.9. The van der Waals surface area contributed by atoms with E-state index < -0.39 is 0 Å². The standard InChI is InChI=1S/C19H30ClNO2/c1-8-9-23-17-15(20)10-14(11-16(17)22-7)12-21-19(5,6)13-18(2,3)4/h8,10-11,21H,1,9,12-13H2,2-7H3/p+1. The average Bonchev–Trinajstić information content (AvgIpc) is 2.41. The highest BCUT2D eigenvalue weighted by molar-refractivity contribution is 6.32. The van der Waals surface area contributed by atoms with E-state index in [2.05, 4.69) is 46.5 Å². The van der Waals surface area contributed by atoms with Gasteiger partial charge in [0.15, 0.2) is 11.5 Å². The van der Waals surface area contributed by atoms with Crippen LogP contribution in [0.5, 0.6) is 11.5 Å². The molecule has 0 saturated heterocycles. The molecule has 0 fully saturated rings. The molecule has 0 saturated carbocycles. The van der Waals surface area contributed by atoms with Gasteiger partial charge in [-0.15, -0.1) is 0 Å². The van der Waals surface area contributed by atoms with Gasteiger partial charge in [-0.2, -0.15) is 0 Å². The van der Waals surface area contributed by atoms with Gasteiger partial charge >= 0.3 is 0 Å². The van der Waals surface area contributed by atoms with Crippen molar-refractivity contribution in [3.8, 4) is 11.5 Å². The SMILES string of the molecule is C=CCOc1c(Cl)cc(C[NH2+]C(C)(C)CC(C)(C)C)cc1OC. The van der Waals surface area contributed by atoms with E-state index in [0.717, 1.165) is 18.5 Å². The summed E-state index contributed by atoms with van der Waals surface area (Å²) in [5.41, 5.74) is 1.59. The summed E-state index contributed by atoms with van der Waals surface area (Å²) >= 11 is 6.35. The molecule has 3 nitrogen and oxygen atoms in total. The van der Waals surface area contributed by atoms with Crippen molar-refractivity contribution >= 4 is 11.6 Å². The average molecular weight is 341 g/mol. The Morgan fingerprint density at radius 1 is 1.22 bits per heavy atom. The number of quaternary nitrogens is 1. The van der Waals surface area contributed by atoms with Crippen LogP contribution in [0.4, 0.5) is 0 Å². The Kier molecular flexibility index (Phi) is 6.97. The van der Waals surface area contributed by atoms with E-state index in [1.165, 1.54) is 0 Å². The monoisotopic (exact) mass is 340 g/mol. The summed E-state index contributed by atoms with van der Waals surface area (Å²) in [6.07, 6.45) is 2.82. The van der Waals surface area contributed by atoms with Crippen LogP contribution in [-0.2, 0) is 6.54 Å². The highest BCUT2D eigenvalue weighted by atomic mass is 35.5. The Bertz CT molecular complexity index is 533. The minimum Gasteiger partial charge on any atom is -0.493 e. The predicted molar refractivity (Wildman–Crippen MR) is 97.5 cm³/mol. The Balaban J connectivity index is 2.85. The fourth-order valence-electron chi connectivity index (χ4n) is 3.01. The van der Waals surface area contributed by atoms with Crippen molar-refractivity contribution in [2.24, 2.45) is 5.41 Å². The number of hydrogen-bond donors (Lipinski definition) is 1. The third-order valence-electron chi connectivity index (χ3n) is 3.51. The molecule has 1 aromatic carbocycles. The third kappa shape index (κ3) is 6.84. The molecule has 0 amide bonds. The van der Waals surface area contributed by atoms with E-state index in [9.17, 15) is 0 Å². The van der Waals surface area contributed by atoms with Crippen molar-refractivity contribution in [1.29, 1.82) is 0 Å².